The van der Waals surface area contributed by atoms with Crippen molar-refractivity contribution in [1.82, 2.24) is 0 Å². The topological polar surface area (TPSA) is 38.7 Å². The van der Waals surface area contributed by atoms with Gasteiger partial charge in [0.25, 0.3) is 0 Å². The predicted molar refractivity (Wildman–Crippen MR) is 53.5 cm³/mol. The van der Waals surface area contributed by atoms with Crippen molar-refractivity contribution >= 4 is 7.69 Å². The van der Waals surface area contributed by atoms with E-state index in [2.05, 4.69) is 0 Å². The van der Waals surface area contributed by atoms with E-state index >= 15 is 0 Å². The van der Waals surface area contributed by atoms with Crippen LogP contribution in [0.25, 0.3) is 0 Å². The van der Waals surface area contributed by atoms with E-state index in [1.54, 1.807) is 6.07 Å². The van der Waals surface area contributed by atoms with E-state index in [1.165, 1.54) is 0 Å². The second kappa shape index (κ2) is 4.37. The van der Waals surface area contributed by atoms with E-state index in [1.807, 2.05) is 12.1 Å². The Morgan fingerprint density at radius 1 is 1.36 bits per heavy atom. The third-order valence-electron chi connectivity index (χ3n) is 2.32. The Balaban J connectivity index is 2.23. The number of ether oxygens (including phenoxy) is 1. The Kier molecular flexibility index (Phi) is 2.94. The molecule has 1 aromatic rings. The van der Waals surface area contributed by atoms with Crippen LogP contribution in [0.3, 0.4) is 0 Å². The average molecular weight is 191 g/mol. The first kappa shape index (κ1) is 9.40. The van der Waals surface area contributed by atoms with Gasteiger partial charge in [-0.25, -0.2) is 0 Å². The lowest BCUT2D eigenvalue weighted by molar-refractivity contribution is 0.316. The minimum Gasteiger partial charge on any atom is -0.537 e. The van der Waals surface area contributed by atoms with Gasteiger partial charge in [-0.2, -0.15) is 0 Å². The molecule has 1 radical (unpaired) electrons. The Morgan fingerprint density at radius 2 is 2.29 bits per heavy atom. The van der Waals surface area contributed by atoms with Crippen LogP contribution in [0.2, 0.25) is 0 Å². The largest absolute Gasteiger partial charge is 0.569 e. The molecule has 1 aromatic carbocycles. The molecular weight excluding hydrogens is 179 g/mol. The zero-order valence-electron chi connectivity index (χ0n) is 7.90. The maximum atomic E-state index is 8.50. The summed E-state index contributed by atoms with van der Waals surface area (Å²) in [5.41, 5.74) is 1.15. The summed E-state index contributed by atoms with van der Waals surface area (Å²) in [5, 5.41) is 8.50. The Labute approximate surface area is 84.0 Å². The lowest BCUT2D eigenvalue weighted by Gasteiger charge is -2.08. The fraction of sp³-hybridized carbons (Fsp3) is 0.400. The van der Waals surface area contributed by atoms with Gasteiger partial charge in [0.1, 0.15) is 11.5 Å². The summed E-state index contributed by atoms with van der Waals surface area (Å²) in [6.45, 7) is 0.791. The van der Waals surface area contributed by atoms with Crippen molar-refractivity contribution in [2.75, 3.05) is 6.61 Å². The molecule has 3 nitrogen and oxygen atoms in total. The van der Waals surface area contributed by atoms with Gasteiger partial charge in [-0.05, 0) is 43.0 Å². The van der Waals surface area contributed by atoms with Crippen LogP contribution < -0.4 is 9.39 Å². The summed E-state index contributed by atoms with van der Waals surface area (Å²) in [6.07, 6.45) is 3.24. The van der Waals surface area contributed by atoms with Gasteiger partial charge in [0.15, 0.2) is 0 Å². The van der Waals surface area contributed by atoms with Gasteiger partial charge in [-0.15, -0.1) is 0 Å². The minimum absolute atomic E-state index is 0.650. The van der Waals surface area contributed by atoms with Crippen LogP contribution in [0, 0.1) is 0 Å². The first-order valence-corrected chi connectivity index (χ1v) is 4.78. The Hall–Kier alpha value is -1.16. The molecule has 2 rings (SSSR count). The molecule has 0 amide bonds. The van der Waals surface area contributed by atoms with Crippen molar-refractivity contribution in [3.8, 4) is 11.5 Å². The van der Waals surface area contributed by atoms with Gasteiger partial charge >= 0.3 is 7.69 Å². The van der Waals surface area contributed by atoms with Crippen molar-refractivity contribution in [2.45, 2.75) is 19.3 Å². The highest BCUT2D eigenvalue weighted by molar-refractivity contribution is 6.17. The van der Waals surface area contributed by atoms with Gasteiger partial charge in [-0.3, -0.25) is 0 Å². The Bertz CT molecular complexity index is 314. The first-order valence-electron chi connectivity index (χ1n) is 4.78. The smallest absolute Gasteiger partial charge is 0.537 e. The molecule has 1 N–H and O–H groups in total. The van der Waals surface area contributed by atoms with E-state index in [0.29, 0.717) is 13.4 Å². The summed E-state index contributed by atoms with van der Waals surface area (Å²) < 4.78 is 10.4. The van der Waals surface area contributed by atoms with Gasteiger partial charge in [0, 0.05) is 0 Å². The molecule has 1 aliphatic heterocycles. The maximum absolute atomic E-state index is 8.50. The third-order valence-corrected chi connectivity index (χ3v) is 2.32. The molecule has 1 aliphatic rings. The van der Waals surface area contributed by atoms with E-state index in [9.17, 15) is 0 Å². The lowest BCUT2D eigenvalue weighted by Crippen LogP contribution is -2.01. The molecule has 0 spiro atoms. The van der Waals surface area contributed by atoms with Crippen LogP contribution in [-0.2, 0) is 6.42 Å². The zero-order chi connectivity index (χ0) is 9.80. The molecule has 0 aliphatic carbocycles. The van der Waals surface area contributed by atoms with Crippen LogP contribution >= 0.6 is 0 Å². The molecule has 0 saturated heterocycles. The van der Waals surface area contributed by atoms with Crippen molar-refractivity contribution in [3.05, 3.63) is 23.8 Å². The second-order valence-corrected chi connectivity index (χ2v) is 3.30. The third kappa shape index (κ3) is 2.01. The molecule has 0 fully saturated rings. The van der Waals surface area contributed by atoms with Crippen LogP contribution in [-0.4, -0.2) is 19.3 Å². The van der Waals surface area contributed by atoms with Crippen molar-refractivity contribution < 1.29 is 14.4 Å². The molecule has 0 saturated carbocycles. The number of benzene rings is 1. The number of rotatable bonds is 2. The van der Waals surface area contributed by atoms with Crippen LogP contribution in [0.15, 0.2) is 18.2 Å². The van der Waals surface area contributed by atoms with Gasteiger partial charge in [0.2, 0.25) is 0 Å². The van der Waals surface area contributed by atoms with Crippen molar-refractivity contribution in [2.24, 2.45) is 0 Å². The Morgan fingerprint density at radius 3 is 3.14 bits per heavy atom. The highest BCUT2D eigenvalue weighted by atomic mass is 16.5. The summed E-state index contributed by atoms with van der Waals surface area (Å²) in [7, 11) is 0.694. The lowest BCUT2D eigenvalue weighted by atomic mass is 10.1. The zero-order valence-corrected chi connectivity index (χ0v) is 7.90. The monoisotopic (exact) mass is 191 g/mol. The van der Waals surface area contributed by atoms with E-state index < -0.39 is 0 Å². The minimum atomic E-state index is 0.650. The average Bonchev–Trinajstić information content (AvgIpc) is 2.42. The summed E-state index contributed by atoms with van der Waals surface area (Å²) in [6, 6.07) is 5.59. The highest BCUT2D eigenvalue weighted by Crippen LogP contribution is 2.27. The van der Waals surface area contributed by atoms with Crippen molar-refractivity contribution in [3.63, 3.8) is 0 Å². The van der Waals surface area contributed by atoms with Crippen LogP contribution in [0.1, 0.15) is 18.4 Å². The standard InChI is InChI=1S/C10H12BO3/c12-11-14-9-4-5-10-8(7-9)3-1-2-6-13-10/h4-5,7,12H,1-3,6H2. The quantitative estimate of drug-likeness (QED) is 0.716. The normalized spacial score (nSPS) is 14.9. The molecule has 14 heavy (non-hydrogen) atoms. The van der Waals surface area contributed by atoms with Gasteiger partial charge in [0.05, 0.1) is 6.61 Å². The van der Waals surface area contributed by atoms with Crippen LogP contribution in [0.5, 0.6) is 11.5 Å². The summed E-state index contributed by atoms with van der Waals surface area (Å²) in [5.74, 6) is 1.59. The molecule has 73 valence electrons. The number of hydrogen-bond acceptors (Lipinski definition) is 3. The second-order valence-electron chi connectivity index (χ2n) is 3.30. The number of aryl methyl sites for hydroxylation is 1. The predicted octanol–water partition coefficient (Wildman–Crippen LogP) is 1.31. The summed E-state index contributed by atoms with van der Waals surface area (Å²) in [4.78, 5) is 0. The van der Waals surface area contributed by atoms with Crippen molar-refractivity contribution in [1.29, 1.82) is 0 Å². The molecule has 0 atom stereocenters. The number of hydrogen-bond donors (Lipinski definition) is 1. The fourth-order valence-electron chi connectivity index (χ4n) is 1.63. The molecular formula is C10H12BO3. The fourth-order valence-corrected chi connectivity index (χ4v) is 1.63. The van der Waals surface area contributed by atoms with Crippen LogP contribution in [0.4, 0.5) is 0 Å². The molecule has 1 heterocycles. The maximum Gasteiger partial charge on any atom is 0.569 e. The van der Waals surface area contributed by atoms with E-state index in [-0.39, 0.29) is 0 Å². The number of fused-ring (bicyclic) bond motifs is 1. The molecule has 0 unspecified atom stereocenters. The molecule has 0 aromatic heterocycles. The van der Waals surface area contributed by atoms with Gasteiger partial charge in [-0.1, -0.05) is 0 Å². The molecule has 0 bridgehead atoms. The summed E-state index contributed by atoms with van der Waals surface area (Å²) >= 11 is 0. The van der Waals surface area contributed by atoms with E-state index in [0.717, 1.165) is 37.2 Å². The van der Waals surface area contributed by atoms with Gasteiger partial charge < -0.3 is 14.4 Å². The van der Waals surface area contributed by atoms with E-state index in [4.69, 9.17) is 14.4 Å². The first-order chi connectivity index (χ1) is 6.90. The molecule has 4 heteroatoms. The highest BCUT2D eigenvalue weighted by Gasteiger charge is 2.09. The SMILES string of the molecule is O[B]Oc1ccc2c(c1)CCCCO2.